The van der Waals surface area contributed by atoms with Gasteiger partial charge in [0.25, 0.3) is 0 Å². The highest BCUT2D eigenvalue weighted by atomic mass is 16.2. The molecule has 3 saturated heterocycles. The van der Waals surface area contributed by atoms with Crippen LogP contribution in [0.4, 0.5) is 10.5 Å². The Bertz CT molecular complexity index is 965. The van der Waals surface area contributed by atoms with Gasteiger partial charge in [0.1, 0.15) is 0 Å². The van der Waals surface area contributed by atoms with Gasteiger partial charge in [-0.2, -0.15) is 10.2 Å². The van der Waals surface area contributed by atoms with Crippen molar-refractivity contribution in [2.24, 2.45) is 0 Å². The fraction of sp³-hybridized carbons (Fsp3) is 0.625. The second-order valence-electron chi connectivity index (χ2n) is 9.76. The predicted molar refractivity (Wildman–Crippen MR) is 128 cm³/mol. The molecule has 0 saturated carbocycles. The van der Waals surface area contributed by atoms with Gasteiger partial charge in [0.2, 0.25) is 0 Å². The smallest absolute Gasteiger partial charge is 0.312 e. The summed E-state index contributed by atoms with van der Waals surface area (Å²) in [6, 6.07) is 0.856. The van der Waals surface area contributed by atoms with Crippen LogP contribution in [0.2, 0.25) is 0 Å². The van der Waals surface area contributed by atoms with E-state index in [0.29, 0.717) is 18.6 Å². The Kier molecular flexibility index (Phi) is 6.50. The van der Waals surface area contributed by atoms with Crippen LogP contribution in [0.25, 0.3) is 0 Å². The van der Waals surface area contributed by atoms with Crippen LogP contribution in [0.3, 0.4) is 0 Å². The van der Waals surface area contributed by atoms with E-state index in [2.05, 4.69) is 54.4 Å². The van der Waals surface area contributed by atoms with Crippen molar-refractivity contribution in [3.63, 3.8) is 0 Å². The maximum Gasteiger partial charge on any atom is 0.326 e. The van der Waals surface area contributed by atoms with Crippen molar-refractivity contribution in [2.75, 3.05) is 50.7 Å². The molecule has 3 aliphatic heterocycles. The van der Waals surface area contributed by atoms with Gasteiger partial charge in [-0.1, -0.05) is 6.58 Å². The normalized spacial score (nSPS) is 22.2. The van der Waals surface area contributed by atoms with Crippen molar-refractivity contribution in [3.05, 3.63) is 42.6 Å². The fourth-order valence-corrected chi connectivity index (χ4v) is 5.27. The van der Waals surface area contributed by atoms with Crippen LogP contribution in [0.15, 0.2) is 37.1 Å². The minimum Gasteiger partial charge on any atom is -0.312 e. The first-order chi connectivity index (χ1) is 16.0. The molecule has 5 heterocycles. The number of piperidine rings is 2. The van der Waals surface area contributed by atoms with E-state index in [-0.39, 0.29) is 6.03 Å². The number of amides is 2. The molecule has 0 atom stereocenters. The summed E-state index contributed by atoms with van der Waals surface area (Å²) in [5, 5.41) is 11.9. The molecule has 0 radical (unpaired) electrons. The SMILES string of the molecule is C=C1CCN(c2cnn(C3CCN(CCN4CCC(n5cc(C)cn5)CC4)CC3)c2)C(=O)N1. The number of aromatic nitrogens is 4. The monoisotopic (exact) mass is 452 g/mol. The van der Waals surface area contributed by atoms with Crippen LogP contribution in [0, 0.1) is 6.92 Å². The quantitative estimate of drug-likeness (QED) is 0.730. The van der Waals surface area contributed by atoms with E-state index < -0.39 is 0 Å². The summed E-state index contributed by atoms with van der Waals surface area (Å²) in [5.41, 5.74) is 2.90. The van der Waals surface area contributed by atoms with Crippen LogP contribution in [0.1, 0.15) is 49.8 Å². The summed E-state index contributed by atoms with van der Waals surface area (Å²) in [5.74, 6) is 0. The third-order valence-electron chi connectivity index (χ3n) is 7.39. The van der Waals surface area contributed by atoms with Gasteiger partial charge in [0, 0.05) is 70.3 Å². The standard InChI is InChI=1S/C24H36N8O/c1-19-15-25-31(17-19)21-4-8-28(9-5-21)13-14-29-10-6-22(7-11-29)32-18-23(16-26-32)30-12-3-20(2)27-24(30)33/h15-18,21-22H,2-14H2,1H3,(H,27,33). The number of hydrogen-bond donors (Lipinski definition) is 1. The predicted octanol–water partition coefficient (Wildman–Crippen LogP) is 2.80. The first-order valence-corrected chi connectivity index (χ1v) is 12.3. The van der Waals surface area contributed by atoms with E-state index in [0.717, 1.165) is 69.9 Å². The number of hydrogen-bond acceptors (Lipinski definition) is 5. The Labute approximate surface area is 196 Å². The van der Waals surface area contributed by atoms with E-state index in [1.54, 1.807) is 4.90 Å². The summed E-state index contributed by atoms with van der Waals surface area (Å²) in [6.45, 7) is 13.4. The van der Waals surface area contributed by atoms with Crippen molar-refractivity contribution in [1.82, 2.24) is 34.7 Å². The first-order valence-electron chi connectivity index (χ1n) is 12.3. The molecule has 3 aliphatic rings. The van der Waals surface area contributed by atoms with Crippen LogP contribution >= 0.6 is 0 Å². The van der Waals surface area contributed by atoms with Crippen LogP contribution < -0.4 is 10.2 Å². The van der Waals surface area contributed by atoms with Gasteiger partial charge in [-0.05, 0) is 38.2 Å². The number of nitrogens with one attached hydrogen (secondary N) is 1. The molecule has 3 fully saturated rings. The lowest BCUT2D eigenvalue weighted by molar-refractivity contribution is 0.130. The van der Waals surface area contributed by atoms with Crippen molar-refractivity contribution < 1.29 is 4.79 Å². The molecule has 0 unspecified atom stereocenters. The Hall–Kier alpha value is -2.65. The molecule has 0 aromatic carbocycles. The second-order valence-corrected chi connectivity index (χ2v) is 9.76. The molecule has 9 nitrogen and oxygen atoms in total. The molecule has 2 aromatic heterocycles. The van der Waals surface area contributed by atoms with Crippen molar-refractivity contribution in [3.8, 4) is 0 Å². The maximum absolute atomic E-state index is 12.2. The number of aryl methyl sites for hydroxylation is 1. The molecule has 9 heteroatoms. The second kappa shape index (κ2) is 9.69. The lowest BCUT2D eigenvalue weighted by Crippen LogP contribution is -2.45. The molecule has 1 N–H and O–H groups in total. The van der Waals surface area contributed by atoms with E-state index in [1.807, 2.05) is 18.6 Å². The zero-order valence-corrected chi connectivity index (χ0v) is 19.7. The minimum atomic E-state index is -0.107. The average Bonchev–Trinajstić information content (AvgIpc) is 3.48. The van der Waals surface area contributed by atoms with Gasteiger partial charge in [-0.15, -0.1) is 0 Å². The number of nitrogens with zero attached hydrogens (tertiary/aromatic N) is 7. The highest BCUT2D eigenvalue weighted by Gasteiger charge is 2.26. The van der Waals surface area contributed by atoms with Crippen LogP contribution in [-0.4, -0.2) is 81.2 Å². The van der Waals surface area contributed by atoms with Gasteiger partial charge in [0.15, 0.2) is 0 Å². The molecule has 33 heavy (non-hydrogen) atoms. The Morgan fingerprint density at radius 1 is 0.909 bits per heavy atom. The lowest BCUT2D eigenvalue weighted by atomic mass is 10.0. The van der Waals surface area contributed by atoms with E-state index in [9.17, 15) is 4.79 Å². The molecular weight excluding hydrogens is 416 g/mol. The molecule has 178 valence electrons. The molecule has 0 aliphatic carbocycles. The largest absolute Gasteiger partial charge is 0.326 e. The highest BCUT2D eigenvalue weighted by Crippen LogP contribution is 2.26. The summed E-state index contributed by atoms with van der Waals surface area (Å²) < 4.78 is 4.22. The third kappa shape index (κ3) is 5.14. The molecule has 2 aromatic rings. The Balaban J connectivity index is 1.04. The summed E-state index contributed by atoms with van der Waals surface area (Å²) in [4.78, 5) is 19.2. The Morgan fingerprint density at radius 2 is 1.48 bits per heavy atom. The number of carbonyl (C=O) groups is 1. The number of likely N-dealkylation sites (tertiary alicyclic amines) is 2. The zero-order chi connectivity index (χ0) is 22.8. The van der Waals surface area contributed by atoms with Gasteiger partial charge in [-0.3, -0.25) is 14.3 Å². The van der Waals surface area contributed by atoms with Gasteiger partial charge in [0.05, 0.1) is 30.2 Å². The summed E-state index contributed by atoms with van der Waals surface area (Å²) in [6.07, 6.45) is 13.3. The molecular formula is C24H36N8O. The topological polar surface area (TPSA) is 74.5 Å². The van der Waals surface area contributed by atoms with Crippen molar-refractivity contribution in [2.45, 2.75) is 51.1 Å². The summed E-state index contributed by atoms with van der Waals surface area (Å²) >= 11 is 0. The number of carbonyl (C=O) groups excluding carboxylic acids is 1. The fourth-order valence-electron chi connectivity index (χ4n) is 5.27. The van der Waals surface area contributed by atoms with E-state index >= 15 is 0 Å². The lowest BCUT2D eigenvalue weighted by Gasteiger charge is -2.36. The van der Waals surface area contributed by atoms with Gasteiger partial charge >= 0.3 is 6.03 Å². The third-order valence-corrected chi connectivity index (χ3v) is 7.39. The van der Waals surface area contributed by atoms with Crippen LogP contribution in [0.5, 0.6) is 0 Å². The molecule has 5 rings (SSSR count). The molecule has 0 bridgehead atoms. The van der Waals surface area contributed by atoms with Crippen molar-refractivity contribution in [1.29, 1.82) is 0 Å². The average molecular weight is 453 g/mol. The highest BCUT2D eigenvalue weighted by molar-refractivity contribution is 5.93. The van der Waals surface area contributed by atoms with Gasteiger partial charge in [-0.25, -0.2) is 4.79 Å². The van der Waals surface area contributed by atoms with E-state index in [1.165, 1.54) is 18.4 Å². The number of urea groups is 1. The van der Waals surface area contributed by atoms with Gasteiger partial charge < -0.3 is 15.1 Å². The molecule has 0 spiro atoms. The first kappa shape index (κ1) is 22.2. The number of anilines is 1. The Morgan fingerprint density at radius 3 is 2.03 bits per heavy atom. The molecule has 2 amide bonds. The van der Waals surface area contributed by atoms with Crippen LogP contribution in [-0.2, 0) is 0 Å². The van der Waals surface area contributed by atoms with E-state index in [4.69, 9.17) is 0 Å². The number of rotatable bonds is 6. The maximum atomic E-state index is 12.2. The zero-order valence-electron chi connectivity index (χ0n) is 19.7. The minimum absolute atomic E-state index is 0.107. The van der Waals surface area contributed by atoms with Crippen molar-refractivity contribution >= 4 is 11.7 Å². The summed E-state index contributed by atoms with van der Waals surface area (Å²) in [7, 11) is 0.